The van der Waals surface area contributed by atoms with Crippen molar-refractivity contribution in [1.82, 2.24) is 0 Å². The highest BCUT2D eigenvalue weighted by Gasteiger charge is 2.19. The molecule has 1 aromatic rings. The van der Waals surface area contributed by atoms with Crippen molar-refractivity contribution in [2.24, 2.45) is 5.73 Å². The summed E-state index contributed by atoms with van der Waals surface area (Å²) >= 11 is 4.20. The number of amides is 1. The third-order valence-corrected chi connectivity index (χ3v) is 8.34. The van der Waals surface area contributed by atoms with Gasteiger partial charge in [-0.05, 0) is 43.9 Å². The highest BCUT2D eigenvalue weighted by atomic mass is 32.2. The van der Waals surface area contributed by atoms with Crippen molar-refractivity contribution in [2.45, 2.75) is 74.7 Å². The number of primary amides is 1. The predicted molar refractivity (Wildman–Crippen MR) is 116 cm³/mol. The molecule has 0 saturated heterocycles. The van der Waals surface area contributed by atoms with E-state index < -0.39 is 0 Å². The van der Waals surface area contributed by atoms with E-state index in [-0.39, 0.29) is 5.91 Å². The molecule has 0 heterocycles. The molecule has 0 aromatic heterocycles. The van der Waals surface area contributed by atoms with Crippen molar-refractivity contribution in [3.05, 3.63) is 29.8 Å². The average Bonchev–Trinajstić information content (AvgIpc) is 2.69. The lowest BCUT2D eigenvalue weighted by molar-refractivity contribution is 0.100. The molecule has 2 fully saturated rings. The summed E-state index contributed by atoms with van der Waals surface area (Å²) in [5, 5.41) is 1.59. The van der Waals surface area contributed by atoms with E-state index in [9.17, 15) is 4.79 Å². The van der Waals surface area contributed by atoms with E-state index in [1.165, 1.54) is 64.2 Å². The number of benzene rings is 1. The highest BCUT2D eigenvalue weighted by Crippen LogP contribution is 2.33. The summed E-state index contributed by atoms with van der Waals surface area (Å²) in [6.07, 6.45) is 13.8. The maximum Gasteiger partial charge on any atom is 0.248 e. The van der Waals surface area contributed by atoms with Gasteiger partial charge in [-0.2, -0.15) is 0 Å². The van der Waals surface area contributed by atoms with Crippen LogP contribution in [0.2, 0.25) is 0 Å². The van der Waals surface area contributed by atoms with Crippen LogP contribution in [-0.4, -0.2) is 28.2 Å². The second-order valence-electron chi connectivity index (χ2n) is 7.57. The van der Waals surface area contributed by atoms with Crippen molar-refractivity contribution in [1.29, 1.82) is 0 Å². The van der Waals surface area contributed by atoms with E-state index in [1.807, 2.05) is 18.2 Å². The molecule has 1 amide bonds. The quantitative estimate of drug-likeness (QED) is 0.582. The lowest BCUT2D eigenvalue weighted by atomic mass is 10.0. The van der Waals surface area contributed by atoms with Crippen molar-refractivity contribution < 1.29 is 4.79 Å². The van der Waals surface area contributed by atoms with Crippen LogP contribution >= 0.6 is 23.5 Å². The van der Waals surface area contributed by atoms with Gasteiger partial charge in [0.1, 0.15) is 0 Å². The fraction of sp³-hybridized carbons (Fsp3) is 0.667. The Morgan fingerprint density at radius 2 is 1.46 bits per heavy atom. The Morgan fingerprint density at radius 3 is 1.96 bits per heavy atom. The topological polar surface area (TPSA) is 46.3 Å². The summed E-state index contributed by atoms with van der Waals surface area (Å²) in [7, 11) is 0. The molecule has 0 radical (unpaired) electrons. The minimum Gasteiger partial charge on any atom is -0.366 e. The van der Waals surface area contributed by atoms with Crippen LogP contribution in [0.1, 0.15) is 74.6 Å². The molecule has 0 spiro atoms. The van der Waals surface area contributed by atoms with Crippen molar-refractivity contribution >= 4 is 35.1 Å². The van der Waals surface area contributed by atoms with Gasteiger partial charge >= 0.3 is 0 Å². The van der Waals surface area contributed by atoms with E-state index >= 15 is 0 Å². The third-order valence-electron chi connectivity index (χ3n) is 5.53. The predicted octanol–water partition coefficient (Wildman–Crippen LogP) is 5.64. The number of nitrogens with zero attached hydrogens (tertiary/aromatic N) is 1. The molecule has 2 aliphatic rings. The molecule has 26 heavy (non-hydrogen) atoms. The molecule has 3 rings (SSSR count). The van der Waals surface area contributed by atoms with E-state index in [2.05, 4.69) is 34.5 Å². The SMILES string of the molecule is NC(=O)c1cccc(N(CSC2CCCCC2)CSC2CCCCC2)c1. The second-order valence-corrected chi connectivity index (χ2v) is 10.1. The molecule has 2 aliphatic carbocycles. The molecule has 0 atom stereocenters. The Kier molecular flexibility index (Phi) is 8.06. The lowest BCUT2D eigenvalue weighted by Gasteiger charge is -2.30. The summed E-state index contributed by atoms with van der Waals surface area (Å²) in [5.41, 5.74) is 7.24. The minimum atomic E-state index is -0.341. The number of nitrogens with two attached hydrogens (primary N) is 1. The molecule has 0 bridgehead atoms. The first-order valence-electron chi connectivity index (χ1n) is 10.1. The van der Waals surface area contributed by atoms with E-state index in [0.29, 0.717) is 5.56 Å². The monoisotopic (exact) mass is 392 g/mol. The van der Waals surface area contributed by atoms with E-state index in [1.54, 1.807) is 0 Å². The van der Waals surface area contributed by atoms with Crippen molar-refractivity contribution in [2.75, 3.05) is 16.7 Å². The molecule has 0 unspecified atom stereocenters. The van der Waals surface area contributed by atoms with Crippen LogP contribution in [0.15, 0.2) is 24.3 Å². The first kappa shape index (κ1) is 19.9. The van der Waals surface area contributed by atoms with Crippen LogP contribution in [0.25, 0.3) is 0 Å². The number of hydrogen-bond donors (Lipinski definition) is 1. The Hall–Kier alpha value is -0.810. The standard InChI is InChI=1S/C21H32N2OS2/c22-21(24)17-8-7-9-18(14-17)23(15-25-19-10-3-1-4-11-19)16-26-20-12-5-2-6-13-20/h7-9,14,19-20H,1-6,10-13,15-16H2,(H2,22,24). The van der Waals surface area contributed by atoms with Crippen LogP contribution in [0.4, 0.5) is 5.69 Å². The Balaban J connectivity index is 1.63. The number of thioether (sulfide) groups is 2. The minimum absolute atomic E-state index is 0.341. The molecule has 5 heteroatoms. The normalized spacial score (nSPS) is 19.4. The van der Waals surface area contributed by atoms with Gasteiger partial charge in [-0.3, -0.25) is 4.79 Å². The van der Waals surface area contributed by atoms with Crippen LogP contribution < -0.4 is 10.6 Å². The molecular formula is C21H32N2OS2. The van der Waals surface area contributed by atoms with Crippen LogP contribution in [-0.2, 0) is 0 Å². The smallest absolute Gasteiger partial charge is 0.248 e. The van der Waals surface area contributed by atoms with Gasteiger partial charge in [0, 0.05) is 21.8 Å². The fourth-order valence-corrected chi connectivity index (χ4v) is 6.61. The van der Waals surface area contributed by atoms with Gasteiger partial charge in [-0.25, -0.2) is 0 Å². The third kappa shape index (κ3) is 6.12. The molecule has 144 valence electrons. The van der Waals surface area contributed by atoms with Gasteiger partial charge in [0.2, 0.25) is 5.91 Å². The molecule has 2 saturated carbocycles. The Bertz CT molecular complexity index is 547. The molecule has 2 N–H and O–H groups in total. The number of carbonyl (C=O) groups excluding carboxylic acids is 1. The Labute approximate surface area is 166 Å². The van der Waals surface area contributed by atoms with Gasteiger partial charge < -0.3 is 10.6 Å². The summed E-state index contributed by atoms with van der Waals surface area (Å²) in [6.45, 7) is 0. The summed E-state index contributed by atoms with van der Waals surface area (Å²) in [6, 6.07) is 7.85. The maximum absolute atomic E-state index is 11.6. The maximum atomic E-state index is 11.6. The number of hydrogen-bond acceptors (Lipinski definition) is 4. The van der Waals surface area contributed by atoms with Gasteiger partial charge in [0.15, 0.2) is 0 Å². The van der Waals surface area contributed by atoms with Gasteiger partial charge in [-0.15, -0.1) is 23.5 Å². The van der Waals surface area contributed by atoms with Crippen LogP contribution in [0, 0.1) is 0 Å². The fourth-order valence-electron chi connectivity index (χ4n) is 3.90. The van der Waals surface area contributed by atoms with Crippen molar-refractivity contribution in [3.63, 3.8) is 0 Å². The second kappa shape index (κ2) is 10.5. The van der Waals surface area contributed by atoms with E-state index in [4.69, 9.17) is 5.73 Å². The van der Waals surface area contributed by atoms with Crippen LogP contribution in [0.3, 0.4) is 0 Å². The summed E-state index contributed by atoms with van der Waals surface area (Å²) < 4.78 is 0. The largest absolute Gasteiger partial charge is 0.366 e. The lowest BCUT2D eigenvalue weighted by Crippen LogP contribution is -2.26. The van der Waals surface area contributed by atoms with E-state index in [0.717, 1.165) is 27.9 Å². The zero-order chi connectivity index (χ0) is 18.2. The van der Waals surface area contributed by atoms with Gasteiger partial charge in [0.05, 0.1) is 11.8 Å². The van der Waals surface area contributed by atoms with Gasteiger partial charge in [0.25, 0.3) is 0 Å². The first-order chi connectivity index (χ1) is 12.7. The average molecular weight is 393 g/mol. The number of carbonyl (C=O) groups is 1. The zero-order valence-electron chi connectivity index (χ0n) is 15.7. The molecule has 0 aliphatic heterocycles. The molecule has 3 nitrogen and oxygen atoms in total. The summed E-state index contributed by atoms with van der Waals surface area (Å²) in [4.78, 5) is 14.0. The number of anilines is 1. The first-order valence-corrected chi connectivity index (χ1v) is 12.2. The zero-order valence-corrected chi connectivity index (χ0v) is 17.3. The van der Waals surface area contributed by atoms with Gasteiger partial charge in [-0.1, -0.05) is 44.6 Å². The molecular weight excluding hydrogens is 360 g/mol. The van der Waals surface area contributed by atoms with Crippen LogP contribution in [0.5, 0.6) is 0 Å². The summed E-state index contributed by atoms with van der Waals surface area (Å²) in [5.74, 6) is 1.67. The van der Waals surface area contributed by atoms with Crippen molar-refractivity contribution in [3.8, 4) is 0 Å². The molecule has 1 aromatic carbocycles. The Morgan fingerprint density at radius 1 is 0.923 bits per heavy atom. The highest BCUT2D eigenvalue weighted by molar-refractivity contribution is 8.00. The number of rotatable bonds is 8.